The molecular weight excluding hydrogens is 386 g/mol. The number of fused-ring (bicyclic) bond motifs is 1. The Bertz CT molecular complexity index is 1050. The minimum atomic E-state index is -3.50. The van der Waals surface area contributed by atoms with Gasteiger partial charge in [-0.2, -0.15) is 0 Å². The lowest BCUT2D eigenvalue weighted by Crippen LogP contribution is -2.44. The fraction of sp³-hybridized carbons (Fsp3) is 0.136. The molecule has 0 spiro atoms. The van der Waals surface area contributed by atoms with E-state index in [2.05, 4.69) is 23.6 Å². The van der Waals surface area contributed by atoms with E-state index >= 15 is 0 Å². The number of hydrazine groups is 1. The predicted molar refractivity (Wildman–Crippen MR) is 112 cm³/mol. The first-order chi connectivity index (χ1) is 13.9. The lowest BCUT2D eigenvalue weighted by Gasteiger charge is -2.28. The number of nitrogens with one attached hydrogen (secondary N) is 1. The highest BCUT2D eigenvalue weighted by Gasteiger charge is 2.17. The molecule has 0 saturated carbocycles. The molecule has 0 fully saturated rings. The van der Waals surface area contributed by atoms with Gasteiger partial charge in [0.05, 0.1) is 4.90 Å². The Kier molecular flexibility index (Phi) is 6.77. The zero-order valence-electron chi connectivity index (χ0n) is 15.9. The van der Waals surface area contributed by atoms with Crippen molar-refractivity contribution < 1.29 is 13.2 Å². The molecule has 1 aliphatic rings. The van der Waals surface area contributed by atoms with Crippen LogP contribution in [-0.2, 0) is 23.0 Å². The topological polar surface area (TPSA) is 92.5 Å². The van der Waals surface area contributed by atoms with Gasteiger partial charge in [-0.15, -0.1) is 0 Å². The highest BCUT2D eigenvalue weighted by Crippen LogP contribution is 2.17. The highest BCUT2D eigenvalue weighted by atomic mass is 32.2. The molecule has 3 N–H and O–H groups in total. The van der Waals surface area contributed by atoms with Gasteiger partial charge in [0.25, 0.3) is 5.91 Å². The fourth-order valence-electron chi connectivity index (χ4n) is 3.00. The van der Waals surface area contributed by atoms with Crippen molar-refractivity contribution in [3.05, 3.63) is 102 Å². The second kappa shape index (κ2) is 9.47. The van der Waals surface area contributed by atoms with E-state index in [-0.39, 0.29) is 10.8 Å². The maximum atomic E-state index is 12.1. The first kappa shape index (κ1) is 20.7. The Labute approximate surface area is 171 Å². The fourth-order valence-corrected chi connectivity index (χ4v) is 3.54. The number of benzene rings is 3. The number of nitrogens with zero attached hydrogens (tertiary/aromatic N) is 1. The van der Waals surface area contributed by atoms with Gasteiger partial charge in [-0.1, -0.05) is 60.7 Å². The number of rotatable bonds is 3. The van der Waals surface area contributed by atoms with E-state index in [1.165, 1.54) is 23.3 Å². The van der Waals surface area contributed by atoms with Gasteiger partial charge in [0.15, 0.2) is 0 Å². The van der Waals surface area contributed by atoms with Crippen molar-refractivity contribution in [2.24, 2.45) is 5.14 Å². The summed E-state index contributed by atoms with van der Waals surface area (Å²) >= 11 is 0. The van der Waals surface area contributed by atoms with E-state index in [4.69, 9.17) is 5.14 Å². The number of carbonyl (C=O) groups excluding carboxylic acids is 1. The number of primary sulfonamides is 1. The monoisotopic (exact) mass is 409 g/mol. The molecule has 7 heteroatoms. The van der Waals surface area contributed by atoms with Gasteiger partial charge in [0, 0.05) is 18.7 Å². The smallest absolute Gasteiger partial charge is 0.265 e. The van der Waals surface area contributed by atoms with Crippen molar-refractivity contribution in [3.63, 3.8) is 0 Å². The molecule has 0 aromatic heterocycles. The normalized spacial score (nSPS) is 13.6. The van der Waals surface area contributed by atoms with E-state index in [9.17, 15) is 13.2 Å². The molecule has 3 aromatic rings. The summed E-state index contributed by atoms with van der Waals surface area (Å²) < 4.78 is 21.2. The third kappa shape index (κ3) is 5.99. The molecule has 1 aliphatic heterocycles. The number of nitrogens with two attached hydrogens (primary N) is 1. The van der Waals surface area contributed by atoms with Gasteiger partial charge in [0.1, 0.15) is 0 Å². The maximum absolute atomic E-state index is 12.1. The van der Waals surface area contributed by atoms with E-state index in [0.29, 0.717) is 5.56 Å². The second-order valence-electron chi connectivity index (χ2n) is 6.61. The van der Waals surface area contributed by atoms with Crippen molar-refractivity contribution in [2.45, 2.75) is 17.9 Å². The Morgan fingerprint density at radius 2 is 1.38 bits per heavy atom. The maximum Gasteiger partial charge on any atom is 0.265 e. The van der Waals surface area contributed by atoms with E-state index in [1.54, 1.807) is 18.2 Å². The van der Waals surface area contributed by atoms with Crippen LogP contribution >= 0.6 is 0 Å². The predicted octanol–water partition coefficient (Wildman–Crippen LogP) is 2.72. The third-order valence-electron chi connectivity index (χ3n) is 4.50. The van der Waals surface area contributed by atoms with Crippen molar-refractivity contribution in [1.82, 2.24) is 10.4 Å². The van der Waals surface area contributed by atoms with Crippen LogP contribution < -0.4 is 10.6 Å². The van der Waals surface area contributed by atoms with Crippen LogP contribution in [0.2, 0.25) is 0 Å². The first-order valence-electron chi connectivity index (χ1n) is 9.19. The molecule has 1 amide bonds. The van der Waals surface area contributed by atoms with Crippen LogP contribution in [-0.4, -0.2) is 25.9 Å². The average Bonchev–Trinajstić information content (AvgIpc) is 2.75. The summed E-state index contributed by atoms with van der Waals surface area (Å²) in [6, 6.07) is 25.6. The molecule has 0 radical (unpaired) electrons. The summed E-state index contributed by atoms with van der Waals surface area (Å²) in [5, 5.41) is 6.81. The van der Waals surface area contributed by atoms with Gasteiger partial charge in [0.2, 0.25) is 10.0 Å². The van der Waals surface area contributed by atoms with Gasteiger partial charge >= 0.3 is 0 Å². The standard InChI is InChI=1S/C16H16N2O.C6H7NO2S/c19-16(14-7-2-1-3-8-14)17-18-11-10-13-6-4-5-9-15(13)12-18;7-10(8,9)6-4-2-1-3-5-6/h1-9H,10-12H2,(H,17,19);1-5H,(H2,7,8,9). The SMILES string of the molecule is NS(=O)(=O)c1ccccc1.O=C(NN1CCc2ccccc2C1)c1ccccc1. The number of hydrogen-bond donors (Lipinski definition) is 2. The molecule has 1 heterocycles. The summed E-state index contributed by atoms with van der Waals surface area (Å²) in [5.41, 5.74) is 6.34. The van der Waals surface area contributed by atoms with Crippen LogP contribution in [0.1, 0.15) is 21.5 Å². The molecule has 29 heavy (non-hydrogen) atoms. The van der Waals surface area contributed by atoms with Gasteiger partial charge < -0.3 is 0 Å². The van der Waals surface area contributed by atoms with Crippen molar-refractivity contribution in [1.29, 1.82) is 0 Å². The highest BCUT2D eigenvalue weighted by molar-refractivity contribution is 7.89. The molecule has 150 valence electrons. The minimum absolute atomic E-state index is 0.0417. The average molecular weight is 410 g/mol. The van der Waals surface area contributed by atoms with Crippen LogP contribution in [0.15, 0.2) is 89.8 Å². The number of carbonyl (C=O) groups is 1. The molecule has 0 atom stereocenters. The van der Waals surface area contributed by atoms with Gasteiger partial charge in [-0.3, -0.25) is 10.2 Å². The summed E-state index contributed by atoms with van der Waals surface area (Å²) in [4.78, 5) is 12.2. The molecular formula is C22H23N3O3S. The Morgan fingerprint density at radius 1 is 0.828 bits per heavy atom. The Morgan fingerprint density at radius 3 is 1.97 bits per heavy atom. The van der Waals surface area contributed by atoms with E-state index < -0.39 is 10.0 Å². The Hall–Kier alpha value is -3.00. The van der Waals surface area contributed by atoms with E-state index in [0.717, 1.165) is 19.5 Å². The van der Waals surface area contributed by atoms with Crippen LogP contribution in [0.5, 0.6) is 0 Å². The lowest BCUT2D eigenvalue weighted by atomic mass is 10.0. The molecule has 0 aliphatic carbocycles. The summed E-state index contributed by atoms with van der Waals surface area (Å²) in [6.45, 7) is 1.63. The Balaban J connectivity index is 0.000000204. The van der Waals surface area contributed by atoms with Crippen molar-refractivity contribution in [3.8, 4) is 0 Å². The van der Waals surface area contributed by atoms with Crippen LogP contribution in [0.4, 0.5) is 0 Å². The quantitative estimate of drug-likeness (QED) is 0.696. The minimum Gasteiger partial charge on any atom is -0.284 e. The van der Waals surface area contributed by atoms with Crippen LogP contribution in [0.25, 0.3) is 0 Å². The van der Waals surface area contributed by atoms with E-state index in [1.807, 2.05) is 41.4 Å². The van der Waals surface area contributed by atoms with Crippen LogP contribution in [0, 0.1) is 0 Å². The molecule has 0 bridgehead atoms. The van der Waals surface area contributed by atoms with Crippen molar-refractivity contribution in [2.75, 3.05) is 6.54 Å². The first-order valence-corrected chi connectivity index (χ1v) is 10.7. The molecule has 3 aromatic carbocycles. The summed E-state index contributed by atoms with van der Waals surface area (Å²) in [6.07, 6.45) is 0.977. The second-order valence-corrected chi connectivity index (χ2v) is 8.17. The number of amides is 1. The van der Waals surface area contributed by atoms with Crippen molar-refractivity contribution >= 4 is 15.9 Å². The lowest BCUT2D eigenvalue weighted by molar-refractivity contribution is 0.0764. The molecule has 4 rings (SSSR count). The zero-order valence-corrected chi connectivity index (χ0v) is 16.7. The number of hydrogen-bond acceptors (Lipinski definition) is 4. The van der Waals surface area contributed by atoms with Crippen LogP contribution in [0.3, 0.4) is 0 Å². The molecule has 0 unspecified atom stereocenters. The largest absolute Gasteiger partial charge is 0.284 e. The van der Waals surface area contributed by atoms with Gasteiger partial charge in [-0.25, -0.2) is 18.6 Å². The summed E-state index contributed by atoms with van der Waals surface area (Å²) in [5.74, 6) is -0.0417. The zero-order chi connectivity index (χ0) is 20.7. The summed E-state index contributed by atoms with van der Waals surface area (Å²) in [7, 11) is -3.50. The van der Waals surface area contributed by atoms with Gasteiger partial charge in [-0.05, 0) is 41.8 Å². The molecule has 0 saturated heterocycles. The number of sulfonamides is 1. The third-order valence-corrected chi connectivity index (χ3v) is 5.43. The molecule has 6 nitrogen and oxygen atoms in total.